The van der Waals surface area contributed by atoms with Crippen LogP contribution in [0.5, 0.6) is 0 Å². The predicted molar refractivity (Wildman–Crippen MR) is 85.1 cm³/mol. The number of nitrogens with one attached hydrogen (secondary N) is 1. The third-order valence-corrected chi connectivity index (χ3v) is 4.15. The van der Waals surface area contributed by atoms with Crippen molar-refractivity contribution in [3.63, 3.8) is 0 Å². The van der Waals surface area contributed by atoms with Crippen molar-refractivity contribution < 1.29 is 14.3 Å². The van der Waals surface area contributed by atoms with E-state index >= 15 is 0 Å². The molecule has 1 N–H and O–H groups in total. The van der Waals surface area contributed by atoms with Gasteiger partial charge in [0.25, 0.3) is 5.91 Å². The molecule has 0 saturated carbocycles. The van der Waals surface area contributed by atoms with E-state index in [4.69, 9.17) is 0 Å². The van der Waals surface area contributed by atoms with Crippen LogP contribution in [-0.2, 0) is 10.5 Å². The van der Waals surface area contributed by atoms with Crippen LogP contribution in [0.15, 0.2) is 30.5 Å². The van der Waals surface area contributed by atoms with Crippen molar-refractivity contribution in [2.24, 2.45) is 0 Å². The van der Waals surface area contributed by atoms with E-state index in [1.165, 1.54) is 18.9 Å². The van der Waals surface area contributed by atoms with E-state index < -0.39 is 5.97 Å². The molecule has 1 aromatic heterocycles. The first kappa shape index (κ1) is 15.5. The van der Waals surface area contributed by atoms with Gasteiger partial charge < -0.3 is 4.74 Å². The fourth-order valence-electron chi connectivity index (χ4n) is 1.62. The Labute approximate surface area is 130 Å². The van der Waals surface area contributed by atoms with Crippen molar-refractivity contribution >= 4 is 40.1 Å². The number of aromatic nitrogens is 1. The Hall–Kier alpha value is -1.86. The lowest BCUT2D eigenvalue weighted by molar-refractivity contribution is 0.0606. The minimum Gasteiger partial charge on any atom is -0.465 e. The van der Waals surface area contributed by atoms with E-state index in [0.29, 0.717) is 15.6 Å². The summed E-state index contributed by atoms with van der Waals surface area (Å²) in [5, 5.41) is 3.03. The first-order valence-corrected chi connectivity index (χ1v) is 8.28. The number of methoxy groups -OCH3 is 1. The number of rotatable bonds is 5. The Bertz CT molecular complexity index is 638. The second-order valence-corrected chi connectivity index (χ2v) is 6.00. The second kappa shape index (κ2) is 7.24. The highest BCUT2D eigenvalue weighted by atomic mass is 32.2. The standard InChI is InChI=1S/C14H14N2O3S2/c1-19-13(18)11-7-15-14(21-11)16-12(17)10-5-3-9(4-6-10)8-20-2/h3-7H,8H2,1-2H3,(H,15,16,17). The maximum absolute atomic E-state index is 12.1. The molecule has 0 bridgehead atoms. The van der Waals surface area contributed by atoms with E-state index in [0.717, 1.165) is 17.1 Å². The molecule has 0 aliphatic heterocycles. The van der Waals surface area contributed by atoms with Crippen LogP contribution < -0.4 is 5.32 Å². The molecule has 0 aliphatic rings. The second-order valence-electron chi connectivity index (χ2n) is 4.11. The highest BCUT2D eigenvalue weighted by Crippen LogP contribution is 2.20. The molecule has 2 aromatic rings. The summed E-state index contributed by atoms with van der Waals surface area (Å²) in [6.07, 6.45) is 3.41. The Morgan fingerprint density at radius 1 is 1.33 bits per heavy atom. The maximum atomic E-state index is 12.1. The number of amides is 1. The fraction of sp³-hybridized carbons (Fsp3) is 0.214. The Morgan fingerprint density at radius 3 is 2.67 bits per heavy atom. The molecular weight excluding hydrogens is 308 g/mol. The SMILES string of the molecule is COC(=O)c1cnc(NC(=O)c2ccc(CSC)cc2)s1. The van der Waals surface area contributed by atoms with E-state index in [2.05, 4.69) is 15.0 Å². The van der Waals surface area contributed by atoms with Gasteiger partial charge in [-0.1, -0.05) is 23.5 Å². The molecule has 0 unspecified atom stereocenters. The van der Waals surface area contributed by atoms with Crippen molar-refractivity contribution in [2.75, 3.05) is 18.7 Å². The topological polar surface area (TPSA) is 68.3 Å². The monoisotopic (exact) mass is 322 g/mol. The van der Waals surface area contributed by atoms with Crippen molar-refractivity contribution in [1.29, 1.82) is 0 Å². The van der Waals surface area contributed by atoms with Crippen LogP contribution in [0.3, 0.4) is 0 Å². The summed E-state index contributed by atoms with van der Waals surface area (Å²) in [5.74, 6) is 0.197. The number of carbonyl (C=O) groups excluding carboxylic acids is 2. The number of carbonyl (C=O) groups is 2. The summed E-state index contributed by atoms with van der Waals surface area (Å²) in [7, 11) is 1.30. The third-order valence-electron chi connectivity index (χ3n) is 2.64. The van der Waals surface area contributed by atoms with E-state index in [-0.39, 0.29) is 5.91 Å². The van der Waals surface area contributed by atoms with E-state index in [1.807, 2.05) is 18.4 Å². The zero-order valence-corrected chi connectivity index (χ0v) is 13.2. The molecule has 21 heavy (non-hydrogen) atoms. The van der Waals surface area contributed by atoms with Crippen LogP contribution in [0.2, 0.25) is 0 Å². The highest BCUT2D eigenvalue weighted by Gasteiger charge is 2.13. The molecule has 1 aromatic carbocycles. The molecule has 1 heterocycles. The number of esters is 1. The van der Waals surface area contributed by atoms with Gasteiger partial charge in [0.15, 0.2) is 5.13 Å². The smallest absolute Gasteiger partial charge is 0.349 e. The van der Waals surface area contributed by atoms with Gasteiger partial charge >= 0.3 is 5.97 Å². The predicted octanol–water partition coefficient (Wildman–Crippen LogP) is 3.05. The maximum Gasteiger partial charge on any atom is 0.349 e. The van der Waals surface area contributed by atoms with Gasteiger partial charge in [-0.05, 0) is 24.0 Å². The van der Waals surface area contributed by atoms with Gasteiger partial charge in [-0.15, -0.1) is 0 Å². The van der Waals surface area contributed by atoms with Gasteiger partial charge in [0.2, 0.25) is 0 Å². The number of anilines is 1. The molecule has 5 nitrogen and oxygen atoms in total. The summed E-state index contributed by atoms with van der Waals surface area (Å²) in [5.41, 5.74) is 1.72. The summed E-state index contributed by atoms with van der Waals surface area (Å²) < 4.78 is 4.59. The van der Waals surface area contributed by atoms with Gasteiger partial charge in [-0.25, -0.2) is 9.78 Å². The molecule has 7 heteroatoms. The molecule has 0 saturated heterocycles. The van der Waals surface area contributed by atoms with Crippen LogP contribution in [0.25, 0.3) is 0 Å². The highest BCUT2D eigenvalue weighted by molar-refractivity contribution is 7.97. The molecule has 0 aliphatic carbocycles. The van der Waals surface area contributed by atoms with Crippen LogP contribution in [-0.4, -0.2) is 30.2 Å². The van der Waals surface area contributed by atoms with Gasteiger partial charge in [0, 0.05) is 11.3 Å². The molecule has 110 valence electrons. The molecular formula is C14H14N2O3S2. The van der Waals surface area contributed by atoms with Crippen LogP contribution in [0.1, 0.15) is 25.6 Å². The van der Waals surface area contributed by atoms with Gasteiger partial charge in [-0.3, -0.25) is 10.1 Å². The Kier molecular flexibility index (Phi) is 5.35. The number of ether oxygens (including phenoxy) is 1. The lowest BCUT2D eigenvalue weighted by Gasteiger charge is -2.03. The zero-order chi connectivity index (χ0) is 15.2. The molecule has 2 rings (SSSR count). The summed E-state index contributed by atoms with van der Waals surface area (Å²) in [6.45, 7) is 0. The number of hydrogen-bond acceptors (Lipinski definition) is 6. The number of thiazole rings is 1. The van der Waals surface area contributed by atoms with Gasteiger partial charge in [-0.2, -0.15) is 11.8 Å². The molecule has 0 fully saturated rings. The van der Waals surface area contributed by atoms with E-state index in [9.17, 15) is 9.59 Å². The van der Waals surface area contributed by atoms with Crippen molar-refractivity contribution in [3.8, 4) is 0 Å². The third kappa shape index (κ3) is 4.05. The Morgan fingerprint density at radius 2 is 2.05 bits per heavy atom. The van der Waals surface area contributed by atoms with Gasteiger partial charge in [0.05, 0.1) is 13.3 Å². The number of benzene rings is 1. The lowest BCUT2D eigenvalue weighted by Crippen LogP contribution is -2.11. The average molecular weight is 322 g/mol. The summed E-state index contributed by atoms with van der Waals surface area (Å²) in [6, 6.07) is 7.39. The summed E-state index contributed by atoms with van der Waals surface area (Å²) >= 11 is 2.81. The average Bonchev–Trinajstić information content (AvgIpc) is 2.96. The minimum absolute atomic E-state index is 0.253. The molecule has 1 amide bonds. The number of nitrogens with zero attached hydrogens (tertiary/aromatic N) is 1. The van der Waals surface area contributed by atoms with Crippen molar-refractivity contribution in [3.05, 3.63) is 46.5 Å². The number of thioether (sulfide) groups is 1. The van der Waals surface area contributed by atoms with Crippen molar-refractivity contribution in [2.45, 2.75) is 5.75 Å². The molecule has 0 spiro atoms. The minimum atomic E-state index is -0.464. The van der Waals surface area contributed by atoms with Gasteiger partial charge in [0.1, 0.15) is 4.88 Å². The van der Waals surface area contributed by atoms with Crippen molar-refractivity contribution in [1.82, 2.24) is 4.98 Å². The lowest BCUT2D eigenvalue weighted by atomic mass is 10.1. The first-order valence-electron chi connectivity index (χ1n) is 6.07. The normalized spacial score (nSPS) is 10.2. The van der Waals surface area contributed by atoms with Crippen LogP contribution in [0.4, 0.5) is 5.13 Å². The first-order chi connectivity index (χ1) is 10.1. The quantitative estimate of drug-likeness (QED) is 0.857. The van der Waals surface area contributed by atoms with Crippen LogP contribution >= 0.6 is 23.1 Å². The molecule has 0 atom stereocenters. The summed E-state index contributed by atoms with van der Waals surface area (Å²) in [4.78, 5) is 27.7. The zero-order valence-electron chi connectivity index (χ0n) is 11.6. The van der Waals surface area contributed by atoms with E-state index in [1.54, 1.807) is 23.9 Å². The molecule has 0 radical (unpaired) electrons. The van der Waals surface area contributed by atoms with Crippen LogP contribution in [0, 0.1) is 0 Å². The fourth-order valence-corrected chi connectivity index (χ4v) is 2.87. The Balaban J connectivity index is 2.03. The largest absolute Gasteiger partial charge is 0.465 e. The number of hydrogen-bond donors (Lipinski definition) is 1.